The van der Waals surface area contributed by atoms with Crippen molar-refractivity contribution in [1.82, 2.24) is 5.32 Å². The van der Waals surface area contributed by atoms with Crippen LogP contribution in [0.3, 0.4) is 0 Å². The number of amides is 2. The van der Waals surface area contributed by atoms with Gasteiger partial charge in [0.05, 0.1) is 0 Å². The Hall–Kier alpha value is -2.85. The maximum absolute atomic E-state index is 11.8. The SMILES string of the molecule is COCCCNC(=O)/C(C#N)=C\Nc1cccc(NC(C)=O)c1. The first-order chi connectivity index (χ1) is 11.1. The molecule has 0 aromatic heterocycles. The molecule has 0 saturated heterocycles. The molecule has 0 heterocycles. The van der Waals surface area contributed by atoms with Crippen molar-refractivity contribution in [1.29, 1.82) is 5.26 Å². The van der Waals surface area contributed by atoms with E-state index in [-0.39, 0.29) is 11.5 Å². The van der Waals surface area contributed by atoms with E-state index in [0.29, 0.717) is 30.9 Å². The molecule has 1 aromatic rings. The molecule has 0 aliphatic rings. The van der Waals surface area contributed by atoms with E-state index in [9.17, 15) is 9.59 Å². The summed E-state index contributed by atoms with van der Waals surface area (Å²) in [6.45, 7) is 2.39. The molecule has 0 aliphatic heterocycles. The standard InChI is InChI=1S/C16H20N4O3/c1-12(21)20-15-6-3-5-14(9-15)19-11-13(10-17)16(22)18-7-4-8-23-2/h3,5-6,9,11,19H,4,7-8H2,1-2H3,(H,18,22)(H,20,21)/b13-11-. The van der Waals surface area contributed by atoms with Gasteiger partial charge >= 0.3 is 0 Å². The minimum atomic E-state index is -0.450. The lowest BCUT2D eigenvalue weighted by molar-refractivity contribution is -0.117. The fraction of sp³-hybridized carbons (Fsp3) is 0.312. The van der Waals surface area contributed by atoms with Gasteiger partial charge in [0.25, 0.3) is 5.91 Å². The van der Waals surface area contributed by atoms with Crippen LogP contribution < -0.4 is 16.0 Å². The number of rotatable bonds is 8. The predicted molar refractivity (Wildman–Crippen MR) is 87.6 cm³/mol. The number of benzene rings is 1. The van der Waals surface area contributed by atoms with E-state index in [2.05, 4.69) is 16.0 Å². The molecular formula is C16H20N4O3. The van der Waals surface area contributed by atoms with Gasteiger partial charge in [0.2, 0.25) is 5.91 Å². The number of carbonyl (C=O) groups excluding carboxylic acids is 2. The molecule has 0 radical (unpaired) electrons. The molecule has 7 heteroatoms. The van der Waals surface area contributed by atoms with Crippen molar-refractivity contribution in [2.75, 3.05) is 30.9 Å². The molecule has 23 heavy (non-hydrogen) atoms. The summed E-state index contributed by atoms with van der Waals surface area (Å²) < 4.78 is 4.88. The molecule has 0 fully saturated rings. The molecule has 7 nitrogen and oxygen atoms in total. The summed E-state index contributed by atoms with van der Waals surface area (Å²) in [4.78, 5) is 22.9. The lowest BCUT2D eigenvalue weighted by atomic mass is 10.2. The Morgan fingerprint density at radius 3 is 2.74 bits per heavy atom. The zero-order chi connectivity index (χ0) is 17.1. The van der Waals surface area contributed by atoms with Gasteiger partial charge in [-0.3, -0.25) is 9.59 Å². The van der Waals surface area contributed by atoms with Crippen LogP contribution in [0.5, 0.6) is 0 Å². The number of nitrogens with zero attached hydrogens (tertiary/aromatic N) is 1. The highest BCUT2D eigenvalue weighted by Gasteiger charge is 2.07. The van der Waals surface area contributed by atoms with Crippen molar-refractivity contribution in [3.05, 3.63) is 36.0 Å². The maximum atomic E-state index is 11.8. The van der Waals surface area contributed by atoms with Crippen LogP contribution in [0, 0.1) is 11.3 Å². The lowest BCUT2D eigenvalue weighted by Gasteiger charge is -2.07. The first-order valence-corrected chi connectivity index (χ1v) is 7.08. The summed E-state index contributed by atoms with van der Waals surface area (Å²) in [6, 6.07) is 8.79. The van der Waals surface area contributed by atoms with Gasteiger partial charge in [0, 0.05) is 44.8 Å². The minimum absolute atomic E-state index is 0.0349. The van der Waals surface area contributed by atoms with Crippen molar-refractivity contribution in [2.45, 2.75) is 13.3 Å². The van der Waals surface area contributed by atoms with Crippen molar-refractivity contribution in [3.8, 4) is 6.07 Å². The van der Waals surface area contributed by atoms with Crippen LogP contribution in [-0.4, -0.2) is 32.1 Å². The molecule has 2 amide bonds. The van der Waals surface area contributed by atoms with E-state index < -0.39 is 5.91 Å². The van der Waals surface area contributed by atoms with Crippen LogP contribution in [0.15, 0.2) is 36.0 Å². The number of ether oxygens (including phenoxy) is 1. The Kier molecular flexibility index (Phi) is 7.89. The minimum Gasteiger partial charge on any atom is -0.385 e. The summed E-state index contributed by atoms with van der Waals surface area (Å²) in [7, 11) is 1.58. The van der Waals surface area contributed by atoms with Crippen LogP contribution in [0.4, 0.5) is 11.4 Å². The Labute approximate surface area is 135 Å². The third-order valence-corrected chi connectivity index (χ3v) is 2.74. The number of hydrogen-bond acceptors (Lipinski definition) is 5. The van der Waals surface area contributed by atoms with E-state index in [1.165, 1.54) is 13.1 Å². The third kappa shape index (κ3) is 7.11. The molecule has 1 rings (SSSR count). The zero-order valence-electron chi connectivity index (χ0n) is 13.2. The van der Waals surface area contributed by atoms with Crippen LogP contribution in [0.25, 0.3) is 0 Å². The number of hydrogen-bond donors (Lipinski definition) is 3. The van der Waals surface area contributed by atoms with Crippen molar-refractivity contribution in [3.63, 3.8) is 0 Å². The highest BCUT2D eigenvalue weighted by Crippen LogP contribution is 2.15. The molecule has 122 valence electrons. The van der Waals surface area contributed by atoms with E-state index in [0.717, 1.165) is 0 Å². The number of anilines is 2. The molecule has 1 aromatic carbocycles. The Morgan fingerprint density at radius 1 is 1.35 bits per heavy atom. The van der Waals surface area contributed by atoms with E-state index in [1.807, 2.05) is 6.07 Å². The van der Waals surface area contributed by atoms with E-state index >= 15 is 0 Å². The van der Waals surface area contributed by atoms with Gasteiger partial charge in [0.1, 0.15) is 11.6 Å². The number of nitriles is 1. The number of nitrogens with one attached hydrogen (secondary N) is 3. The van der Waals surface area contributed by atoms with E-state index in [4.69, 9.17) is 10.00 Å². The Morgan fingerprint density at radius 2 is 2.09 bits per heavy atom. The number of carbonyl (C=O) groups is 2. The normalized spacial score (nSPS) is 10.6. The fourth-order valence-electron chi connectivity index (χ4n) is 1.71. The first-order valence-electron chi connectivity index (χ1n) is 7.08. The highest BCUT2D eigenvalue weighted by atomic mass is 16.5. The van der Waals surface area contributed by atoms with Crippen molar-refractivity contribution < 1.29 is 14.3 Å². The smallest absolute Gasteiger partial charge is 0.263 e. The summed E-state index contributed by atoms with van der Waals surface area (Å²) in [5.74, 6) is -0.625. The van der Waals surface area contributed by atoms with Crippen LogP contribution in [-0.2, 0) is 14.3 Å². The predicted octanol–water partition coefficient (Wildman–Crippen LogP) is 1.62. The van der Waals surface area contributed by atoms with Crippen molar-refractivity contribution in [2.24, 2.45) is 0 Å². The lowest BCUT2D eigenvalue weighted by Crippen LogP contribution is -2.26. The van der Waals surface area contributed by atoms with Gasteiger partial charge in [-0.25, -0.2) is 0 Å². The van der Waals surface area contributed by atoms with E-state index in [1.54, 1.807) is 31.4 Å². The molecule has 0 bridgehead atoms. The Balaban J connectivity index is 2.64. The average Bonchev–Trinajstić information content (AvgIpc) is 2.52. The number of methoxy groups -OCH3 is 1. The largest absolute Gasteiger partial charge is 0.385 e. The molecule has 0 atom stereocenters. The molecule has 0 unspecified atom stereocenters. The van der Waals surface area contributed by atoms with Gasteiger partial charge < -0.3 is 20.7 Å². The van der Waals surface area contributed by atoms with Gasteiger partial charge in [0.15, 0.2) is 0 Å². The summed E-state index contributed by atoms with van der Waals surface area (Å²) in [5, 5.41) is 17.2. The molecule has 0 aliphatic carbocycles. The summed E-state index contributed by atoms with van der Waals surface area (Å²) in [5.41, 5.74) is 1.24. The molecule has 0 saturated carbocycles. The molecule has 3 N–H and O–H groups in total. The zero-order valence-corrected chi connectivity index (χ0v) is 13.2. The van der Waals surface area contributed by atoms with Crippen LogP contribution in [0.2, 0.25) is 0 Å². The maximum Gasteiger partial charge on any atom is 0.263 e. The monoisotopic (exact) mass is 316 g/mol. The average molecular weight is 316 g/mol. The first kappa shape index (κ1) is 18.2. The van der Waals surface area contributed by atoms with Crippen LogP contribution >= 0.6 is 0 Å². The topological polar surface area (TPSA) is 103 Å². The summed E-state index contributed by atoms with van der Waals surface area (Å²) >= 11 is 0. The second-order valence-electron chi connectivity index (χ2n) is 4.68. The molecular weight excluding hydrogens is 296 g/mol. The van der Waals surface area contributed by atoms with Gasteiger partial charge in [-0.2, -0.15) is 5.26 Å². The van der Waals surface area contributed by atoms with Gasteiger partial charge in [-0.15, -0.1) is 0 Å². The van der Waals surface area contributed by atoms with Crippen molar-refractivity contribution >= 4 is 23.2 Å². The second-order valence-corrected chi connectivity index (χ2v) is 4.68. The van der Waals surface area contributed by atoms with Gasteiger partial charge in [-0.05, 0) is 24.6 Å². The fourth-order valence-corrected chi connectivity index (χ4v) is 1.71. The van der Waals surface area contributed by atoms with Crippen LogP contribution in [0.1, 0.15) is 13.3 Å². The molecule has 0 spiro atoms. The van der Waals surface area contributed by atoms with Gasteiger partial charge in [-0.1, -0.05) is 6.07 Å². The quantitative estimate of drug-likeness (QED) is 0.384. The third-order valence-electron chi connectivity index (χ3n) is 2.74. The summed E-state index contributed by atoms with van der Waals surface area (Å²) in [6.07, 6.45) is 2.01. The highest BCUT2D eigenvalue weighted by molar-refractivity contribution is 5.97. The Bertz CT molecular complexity index is 620. The second kappa shape index (κ2) is 9.97.